The van der Waals surface area contributed by atoms with Gasteiger partial charge in [-0.1, -0.05) is 180 Å². The number of rotatable bonds is 61. The number of unbranched alkanes of at least 4 members (excludes halogenated alkanes) is 25. The summed E-state index contributed by atoms with van der Waals surface area (Å²) in [7, 11) is 0. The second-order valence-electron chi connectivity index (χ2n) is 39.8. The number of carbonyl (C=O) groups excluding carboxylic acids is 4. The summed E-state index contributed by atoms with van der Waals surface area (Å²) in [5.41, 5.74) is 0. The van der Waals surface area contributed by atoms with Crippen molar-refractivity contribution in [3.05, 3.63) is 12.2 Å². The van der Waals surface area contributed by atoms with Gasteiger partial charge in [0.2, 0.25) is 23.6 Å². The number of amides is 4. The van der Waals surface area contributed by atoms with E-state index in [0.717, 1.165) is 85.0 Å². The third-order valence-corrected chi connectivity index (χ3v) is 28.4. The van der Waals surface area contributed by atoms with Crippen molar-refractivity contribution < 1.29 is 232 Å². The summed E-state index contributed by atoms with van der Waals surface area (Å²) < 4.78 is 108. The Morgan fingerprint density at radius 1 is 0.286 bits per heavy atom. The van der Waals surface area contributed by atoms with Gasteiger partial charge in [-0.05, 0) is 26.2 Å². The van der Waals surface area contributed by atoms with Crippen molar-refractivity contribution in [1.82, 2.24) is 21.3 Å². The predicted molar refractivity (Wildman–Crippen MR) is 502 cm³/mol. The van der Waals surface area contributed by atoms with Crippen LogP contribution in [0.4, 0.5) is 0 Å². The molecule has 29 N–H and O–H groups in total. The van der Waals surface area contributed by atoms with Crippen LogP contribution in [0.5, 0.6) is 0 Å². The van der Waals surface area contributed by atoms with Gasteiger partial charge in [-0.3, -0.25) is 19.2 Å². The van der Waals surface area contributed by atoms with Crippen LogP contribution in [-0.2, 0) is 104 Å². The molecule has 9 heterocycles. The fraction of sp³-hybridized carbons (Fsp3) is 0.938. The Morgan fingerprint density at radius 2 is 0.585 bits per heavy atom. The van der Waals surface area contributed by atoms with Crippen molar-refractivity contribution in [2.45, 2.75) is 510 Å². The molecule has 0 saturated carbocycles. The van der Waals surface area contributed by atoms with Crippen LogP contribution in [0, 0.1) is 0 Å². The van der Waals surface area contributed by atoms with Crippen molar-refractivity contribution in [3.63, 3.8) is 0 Å². The topological polar surface area (TPSA) is 788 Å². The zero-order valence-corrected chi connectivity index (χ0v) is 84.6. The number of carbonyl (C=O) groups is 4. The summed E-state index contributed by atoms with van der Waals surface area (Å²) >= 11 is 0. The van der Waals surface area contributed by atoms with E-state index in [0.29, 0.717) is 12.8 Å². The molecule has 0 aromatic carbocycles. The molecule has 0 radical (unpaired) electrons. The lowest BCUT2D eigenvalue weighted by molar-refractivity contribution is -0.394. The van der Waals surface area contributed by atoms with Gasteiger partial charge in [0.05, 0.1) is 77.7 Å². The van der Waals surface area contributed by atoms with Crippen LogP contribution in [-0.4, -0.2) is 499 Å². The summed E-state index contributed by atoms with van der Waals surface area (Å²) in [6.07, 6.45) is -53.1. The summed E-state index contributed by atoms with van der Waals surface area (Å²) in [6.45, 7) is -0.692. The van der Waals surface area contributed by atoms with Crippen LogP contribution in [0.15, 0.2) is 12.2 Å². The van der Waals surface area contributed by atoms with E-state index in [-0.39, 0.29) is 12.3 Å². The number of hydrogen-bond donors (Lipinski definition) is 29. The maximum Gasteiger partial charge on any atom is 0.220 e. The molecule has 0 aromatic rings. The molecule has 9 fully saturated rings. The van der Waals surface area contributed by atoms with Crippen LogP contribution in [0.3, 0.4) is 0 Å². The Hall–Kier alpha value is -4.10. The first-order chi connectivity index (χ1) is 70.3. The highest BCUT2D eigenvalue weighted by molar-refractivity contribution is 5.76. The lowest BCUT2D eigenvalue weighted by Crippen LogP contribution is -2.71. The van der Waals surface area contributed by atoms with Gasteiger partial charge in [0.1, 0.15) is 213 Å². The minimum atomic E-state index is -2.53. The highest BCUT2D eigenvalue weighted by Gasteiger charge is 2.62. The number of nitrogens with one attached hydrogen (secondary N) is 4. The van der Waals surface area contributed by atoms with E-state index in [4.69, 9.17) is 85.3 Å². The molecule has 147 heavy (non-hydrogen) atoms. The lowest BCUT2D eigenvalue weighted by atomic mass is 9.93. The third-order valence-electron chi connectivity index (χ3n) is 28.4. The van der Waals surface area contributed by atoms with Crippen LogP contribution in [0.1, 0.15) is 221 Å². The van der Waals surface area contributed by atoms with E-state index in [9.17, 15) is 147 Å². The minimum absolute atomic E-state index is 0.131. The van der Waals surface area contributed by atoms with Crippen LogP contribution < -0.4 is 21.3 Å². The molecule has 9 aliphatic heterocycles. The SMILES string of the molecule is CCCCCCCCCCCCC/C=C/[C@@H](O)[C@H](CO[C@@H]1OC(CO)[C@@H](O[C@@H]2OC(CO)[C@H](O)[C@H](O[C@@H]3OC(CO)[C@@H](O[C@@H]4OC(CO[C@@H]5OC(CO)[C@@H](O[C@@H]6OC(CO)[C@H](O)[C@H](O)C6O)[C@H](O)C5NC(C)=O)[C@H](O)[C@H](O[C@@H]5OC(CO)[C@@H](O[C@@H]6OC(CO)[C@H](O)[C@H](O)C6O[C@H]6OC(C)[C@@H](O)C(O)[C@@H]6O)[C@H](O)C5NC(C)=O)C4O)[C@H](O)C3NC(C)=O)C2O)[C@H](O)C1O)NC(=O)CCCCCCCCCCCCCCCCC. The second-order valence-corrected chi connectivity index (χ2v) is 39.8. The van der Waals surface area contributed by atoms with Gasteiger partial charge in [0.15, 0.2) is 56.6 Å². The first kappa shape index (κ1) is 126. The minimum Gasteiger partial charge on any atom is -0.394 e. The predicted octanol–water partition coefficient (Wildman–Crippen LogP) is -7.78. The van der Waals surface area contributed by atoms with Crippen LogP contribution in [0.25, 0.3) is 0 Å². The quantitative estimate of drug-likeness (QED) is 0.0199. The third kappa shape index (κ3) is 35.4. The number of ether oxygens (including phenoxy) is 18. The summed E-state index contributed by atoms with van der Waals surface area (Å²) in [5, 5.41) is 294. The van der Waals surface area contributed by atoms with Gasteiger partial charge < -0.3 is 234 Å². The maximum absolute atomic E-state index is 13.7. The van der Waals surface area contributed by atoms with E-state index in [1.54, 1.807) is 6.08 Å². The standard InChI is InChI=1S/C96H170N4O47/c1-7-9-11-13-15-17-19-21-22-24-26-28-30-32-34-36-60(112)100-50(51(111)35-33-31-29-27-25-23-20-18-16-14-12-10-8-2)44-130-91-78(127)75(124)84(58(43-107)139-91)143-94-79(128)85(67(116)54(39-103)134-94)145-89-62(98-48(5)109)70(119)82(56(41-105)137-89)142-95-80(129)86(68(117)59(140-95)45-131-88-61(97-47(4)108)69(118)81(55(40-104)136-88)141-93-77(126)73(122)65(114)52(37-101)133-93)146-90-63(99-49(6)110)71(120)83(57(42-106)138-90)144-96-87(74(123)66(115)53(38-102)135-96)147-92-76(125)72(121)64(113)46(3)132-92/h33,35,46,50-59,61-96,101-107,111,113-129H,7-32,34,36-45H2,1-6H3,(H,97,108)(H,98,109)(H,99,110)(H,100,112)/b35-33+/t46?,50-,51+,52?,53?,54?,55?,56?,57?,58?,59?,61?,62?,63?,64+,65-,66-,67-,68-,69+,70+,71+,72?,73-,74-,75+,76-,77?,78?,79?,80?,81+,82+,83+,84+,85-,86-,87?,88+,89-,90-,91+,92+,93-,94-,95-,96-/m0/s1. The average molecular weight is 2130 g/mol. The van der Waals surface area contributed by atoms with Crippen molar-refractivity contribution in [2.75, 3.05) is 59.5 Å². The molecule has 4 amide bonds. The number of hydrogen-bond acceptors (Lipinski definition) is 47. The van der Waals surface area contributed by atoms with Crippen molar-refractivity contribution in [2.24, 2.45) is 0 Å². The fourth-order valence-corrected chi connectivity index (χ4v) is 19.8. The molecule has 47 atom stereocenters. The van der Waals surface area contributed by atoms with E-state index in [2.05, 4.69) is 35.1 Å². The van der Waals surface area contributed by atoms with Crippen molar-refractivity contribution in [1.29, 1.82) is 0 Å². The first-order valence-corrected chi connectivity index (χ1v) is 52.4. The first-order valence-electron chi connectivity index (χ1n) is 52.4. The summed E-state index contributed by atoms with van der Waals surface area (Å²) in [4.78, 5) is 53.4. The number of aliphatic hydroxyl groups is 25. The van der Waals surface area contributed by atoms with Gasteiger partial charge in [-0.25, -0.2) is 0 Å². The molecule has 18 unspecified atom stereocenters. The Morgan fingerprint density at radius 3 is 1.01 bits per heavy atom. The summed E-state index contributed by atoms with van der Waals surface area (Å²) in [5.74, 6) is -3.25. The monoisotopic (exact) mass is 2130 g/mol. The molecule has 51 heteroatoms. The van der Waals surface area contributed by atoms with E-state index >= 15 is 0 Å². The van der Waals surface area contributed by atoms with E-state index in [1.807, 2.05) is 6.08 Å². The molecule has 9 rings (SSSR count). The summed E-state index contributed by atoms with van der Waals surface area (Å²) in [6, 6.07) is -7.02. The zero-order chi connectivity index (χ0) is 108. The highest BCUT2D eigenvalue weighted by atomic mass is 16.8. The molecule has 9 aliphatic rings. The van der Waals surface area contributed by atoms with Crippen LogP contribution in [0.2, 0.25) is 0 Å². The second kappa shape index (κ2) is 63.9. The lowest BCUT2D eigenvalue weighted by Gasteiger charge is -2.51. The van der Waals surface area contributed by atoms with Gasteiger partial charge >= 0.3 is 0 Å². The molecule has 51 nitrogen and oxygen atoms in total. The molecule has 0 aromatic heterocycles. The Balaban J connectivity index is 0.926. The highest BCUT2D eigenvalue weighted by Crippen LogP contribution is 2.41. The molecule has 0 aliphatic carbocycles. The zero-order valence-electron chi connectivity index (χ0n) is 84.6. The van der Waals surface area contributed by atoms with Gasteiger partial charge in [0, 0.05) is 27.2 Å². The Labute approximate surface area is 854 Å². The molecule has 856 valence electrons. The molecule has 0 spiro atoms. The van der Waals surface area contributed by atoms with Gasteiger partial charge in [-0.2, -0.15) is 0 Å². The average Bonchev–Trinajstić information content (AvgIpc) is 0.759. The number of aliphatic hydroxyl groups excluding tert-OH is 25. The smallest absolute Gasteiger partial charge is 0.220 e. The Kier molecular flexibility index (Phi) is 55.0. The van der Waals surface area contributed by atoms with Crippen molar-refractivity contribution >= 4 is 23.6 Å². The van der Waals surface area contributed by atoms with Gasteiger partial charge in [-0.15, -0.1) is 0 Å². The number of allylic oxidation sites excluding steroid dienone is 1. The molecular weight excluding hydrogens is 1960 g/mol. The van der Waals surface area contributed by atoms with Gasteiger partial charge in [0.25, 0.3) is 0 Å². The fourth-order valence-electron chi connectivity index (χ4n) is 19.8. The largest absolute Gasteiger partial charge is 0.394 e. The van der Waals surface area contributed by atoms with E-state index in [1.165, 1.54) is 103 Å². The van der Waals surface area contributed by atoms with Crippen LogP contribution >= 0.6 is 0 Å². The molecular formula is C96H170N4O47. The maximum atomic E-state index is 13.7. The normalized spacial score (nSPS) is 40.6. The molecule has 0 bridgehead atoms. The molecule has 9 saturated heterocycles. The van der Waals surface area contributed by atoms with E-state index < -0.39 is 365 Å². The Bertz CT molecular complexity index is 3720. The van der Waals surface area contributed by atoms with Crippen molar-refractivity contribution in [3.8, 4) is 0 Å².